The molecular formula is C5H8N2O5. The van der Waals surface area contributed by atoms with Crippen LogP contribution in [0.2, 0.25) is 0 Å². The van der Waals surface area contributed by atoms with Crippen LogP contribution in [0.15, 0.2) is 0 Å². The maximum Gasteiger partial charge on any atom is 0.394 e. The van der Waals surface area contributed by atoms with Crippen LogP contribution in [0.1, 0.15) is 0 Å². The number of nitrogens with one attached hydrogen (secondary N) is 1. The number of carboxylic acids is 1. The molecule has 0 fully saturated rings. The highest BCUT2D eigenvalue weighted by atomic mass is 16.4. The van der Waals surface area contributed by atoms with Crippen molar-refractivity contribution in [2.75, 3.05) is 6.61 Å². The van der Waals surface area contributed by atoms with Crippen LogP contribution in [0.3, 0.4) is 0 Å². The average Bonchev–Trinajstić information content (AvgIpc) is 2.03. The number of rotatable bonds is 4. The predicted octanol–water partition coefficient (Wildman–Crippen LogP) is -3.87. The van der Waals surface area contributed by atoms with E-state index in [-0.39, 0.29) is 0 Å². The Morgan fingerprint density at radius 2 is 2.08 bits per heavy atom. The summed E-state index contributed by atoms with van der Waals surface area (Å²) < 4.78 is 0. The second-order valence-corrected chi connectivity index (χ2v) is 1.98. The summed E-state index contributed by atoms with van der Waals surface area (Å²) in [5.41, 5.74) is 5.29. The van der Waals surface area contributed by atoms with Crippen molar-refractivity contribution in [3.63, 3.8) is 0 Å². The van der Waals surface area contributed by atoms with Crippen LogP contribution in [0, 0.1) is 5.53 Å². The largest absolute Gasteiger partial charge is 0.539 e. The number of nitrogens with zero attached hydrogens (tertiary/aromatic N) is 1. The molecule has 0 aromatic heterocycles. The standard InChI is InChI=1S/C5H8N2O5/c6-7-3(5(11)12)4(10)2(9)1-8/h2,4,6,8-10H,1H2. The number of aliphatic carboxylic acids is 1. The zero-order valence-electron chi connectivity index (χ0n) is 5.97. The molecule has 0 amide bonds. The third-order valence-corrected chi connectivity index (χ3v) is 1.16. The molecule has 0 saturated heterocycles. The molecule has 0 heterocycles. The fourth-order valence-electron chi connectivity index (χ4n) is 0.515. The number of hydrogen-bond donors (Lipinski definition) is 4. The summed E-state index contributed by atoms with van der Waals surface area (Å²) in [5, 5.41) is 36.0. The van der Waals surface area contributed by atoms with Crippen LogP contribution in [0.25, 0.3) is 0 Å². The van der Waals surface area contributed by atoms with Crippen molar-refractivity contribution in [3.8, 4) is 0 Å². The van der Waals surface area contributed by atoms with Crippen molar-refractivity contribution in [1.82, 2.24) is 0 Å². The molecule has 0 radical (unpaired) electrons. The summed E-state index contributed by atoms with van der Waals surface area (Å²) in [5.74, 6) is -1.86. The Morgan fingerprint density at radius 1 is 1.58 bits per heavy atom. The molecule has 12 heavy (non-hydrogen) atoms. The highest BCUT2D eigenvalue weighted by molar-refractivity contribution is 6.33. The van der Waals surface area contributed by atoms with Gasteiger partial charge in [0.25, 0.3) is 0 Å². The molecule has 0 saturated carbocycles. The minimum atomic E-state index is -1.91. The molecule has 0 aliphatic carbocycles. The third kappa shape index (κ3) is 2.40. The van der Waals surface area contributed by atoms with Gasteiger partial charge in [-0.2, -0.15) is 0 Å². The Hall–Kier alpha value is -1.27. The predicted molar refractivity (Wildman–Crippen MR) is 32.1 cm³/mol. The van der Waals surface area contributed by atoms with Crippen molar-refractivity contribution in [1.29, 1.82) is 5.53 Å². The van der Waals surface area contributed by atoms with Gasteiger partial charge in [-0.25, -0.2) is 0 Å². The third-order valence-electron chi connectivity index (χ3n) is 1.16. The summed E-state index contributed by atoms with van der Waals surface area (Å²) in [6.07, 6.45) is -3.58. The summed E-state index contributed by atoms with van der Waals surface area (Å²) in [4.78, 5) is 12.5. The van der Waals surface area contributed by atoms with Gasteiger partial charge in [0.15, 0.2) is 12.1 Å². The summed E-state index contributed by atoms with van der Waals surface area (Å²) in [6.45, 7) is -0.826. The van der Waals surface area contributed by atoms with Crippen molar-refractivity contribution < 1.29 is 30.0 Å². The number of carbonyl (C=O) groups excluding carboxylic acids is 1. The second-order valence-electron chi connectivity index (χ2n) is 1.98. The molecule has 0 bridgehead atoms. The van der Waals surface area contributed by atoms with Gasteiger partial charge in [-0.15, -0.1) is 0 Å². The van der Waals surface area contributed by atoms with E-state index in [0.717, 1.165) is 0 Å². The molecule has 0 aliphatic rings. The monoisotopic (exact) mass is 176 g/mol. The van der Waals surface area contributed by atoms with Crippen LogP contribution in [0.5, 0.6) is 0 Å². The first-order valence-electron chi connectivity index (χ1n) is 2.97. The molecule has 0 spiro atoms. The fourth-order valence-corrected chi connectivity index (χ4v) is 0.515. The van der Waals surface area contributed by atoms with E-state index in [4.69, 9.17) is 20.9 Å². The number of aliphatic hydroxyl groups is 3. The summed E-state index contributed by atoms with van der Waals surface area (Å²) in [6, 6.07) is 0. The minimum Gasteiger partial charge on any atom is -0.539 e. The molecule has 0 rings (SSSR count). The van der Waals surface area contributed by atoms with E-state index in [9.17, 15) is 9.90 Å². The smallest absolute Gasteiger partial charge is 0.394 e. The van der Waals surface area contributed by atoms with Gasteiger partial charge in [0.1, 0.15) is 6.10 Å². The number of carboxylic acid groups (broad SMARTS) is 1. The minimum absolute atomic E-state index is 0.826. The Labute approximate surface area is 67.1 Å². The van der Waals surface area contributed by atoms with E-state index in [0.29, 0.717) is 0 Å². The van der Waals surface area contributed by atoms with Crippen molar-refractivity contribution in [3.05, 3.63) is 0 Å². The molecule has 2 unspecified atom stereocenters. The molecule has 2 atom stereocenters. The van der Waals surface area contributed by atoms with Gasteiger partial charge in [0.2, 0.25) is 0 Å². The fraction of sp³-hybridized carbons (Fsp3) is 0.600. The molecule has 0 aliphatic heterocycles. The zero-order chi connectivity index (χ0) is 9.72. The molecular weight excluding hydrogens is 168 g/mol. The van der Waals surface area contributed by atoms with E-state index in [1.165, 1.54) is 0 Å². The van der Waals surface area contributed by atoms with Crippen LogP contribution in [-0.4, -0.2) is 50.6 Å². The van der Waals surface area contributed by atoms with Gasteiger partial charge in [-0.05, 0) is 0 Å². The van der Waals surface area contributed by atoms with Gasteiger partial charge in [-0.1, -0.05) is 0 Å². The Kier molecular flexibility index (Phi) is 4.09. The highest BCUT2D eigenvalue weighted by Gasteiger charge is 2.31. The van der Waals surface area contributed by atoms with E-state index in [2.05, 4.69) is 4.79 Å². The first-order chi connectivity index (χ1) is 5.54. The van der Waals surface area contributed by atoms with E-state index < -0.39 is 30.5 Å². The number of carbonyl (C=O) groups is 1. The lowest BCUT2D eigenvalue weighted by molar-refractivity contribution is -0.300. The Balaban J connectivity index is 4.55. The summed E-state index contributed by atoms with van der Waals surface area (Å²) in [7, 11) is 0. The molecule has 4 N–H and O–H groups in total. The first kappa shape index (κ1) is 10.7. The molecule has 68 valence electrons. The first-order valence-corrected chi connectivity index (χ1v) is 2.97. The SMILES string of the molecule is N=[N+]=C(C(=O)[O-])C(O)C(O)CO. The normalized spacial score (nSPS) is 14.6. The Bertz CT molecular complexity index is 222. The lowest BCUT2D eigenvalue weighted by atomic mass is 10.1. The Morgan fingerprint density at radius 3 is 2.33 bits per heavy atom. The maximum atomic E-state index is 10.1. The van der Waals surface area contributed by atoms with E-state index >= 15 is 0 Å². The molecule has 7 nitrogen and oxygen atoms in total. The van der Waals surface area contributed by atoms with Crippen LogP contribution in [-0.2, 0) is 4.79 Å². The van der Waals surface area contributed by atoms with Gasteiger partial charge in [0.05, 0.1) is 16.9 Å². The van der Waals surface area contributed by atoms with E-state index in [1.807, 2.05) is 0 Å². The lowest BCUT2D eigenvalue weighted by Crippen LogP contribution is -2.46. The zero-order valence-corrected chi connectivity index (χ0v) is 5.97. The molecule has 0 aromatic carbocycles. The van der Waals surface area contributed by atoms with Crippen molar-refractivity contribution >= 4 is 11.7 Å². The number of hydrogen-bond acceptors (Lipinski definition) is 6. The second kappa shape index (κ2) is 4.58. The molecule has 0 aromatic rings. The van der Waals surface area contributed by atoms with Crippen molar-refractivity contribution in [2.24, 2.45) is 0 Å². The van der Waals surface area contributed by atoms with Gasteiger partial charge >= 0.3 is 5.71 Å². The van der Waals surface area contributed by atoms with Gasteiger partial charge in [-0.3, -0.25) is 0 Å². The quantitative estimate of drug-likeness (QED) is 0.197. The van der Waals surface area contributed by atoms with Crippen LogP contribution < -0.4 is 5.11 Å². The van der Waals surface area contributed by atoms with Gasteiger partial charge < -0.3 is 25.2 Å². The average molecular weight is 176 g/mol. The van der Waals surface area contributed by atoms with E-state index in [1.54, 1.807) is 0 Å². The molecule has 7 heteroatoms. The van der Waals surface area contributed by atoms with Crippen LogP contribution >= 0.6 is 0 Å². The topological polar surface area (TPSA) is 139 Å². The lowest BCUT2D eigenvalue weighted by Gasteiger charge is -2.09. The number of aliphatic hydroxyl groups excluding tert-OH is 3. The summed E-state index contributed by atoms with van der Waals surface area (Å²) >= 11 is 0. The van der Waals surface area contributed by atoms with Crippen LogP contribution in [0.4, 0.5) is 0 Å². The van der Waals surface area contributed by atoms with Crippen molar-refractivity contribution in [2.45, 2.75) is 12.2 Å². The highest BCUT2D eigenvalue weighted by Crippen LogP contribution is 1.93. The van der Waals surface area contributed by atoms with Gasteiger partial charge in [0, 0.05) is 0 Å². The maximum absolute atomic E-state index is 10.1.